The van der Waals surface area contributed by atoms with Crippen LogP contribution in [0.15, 0.2) is 146 Å². The highest BCUT2D eigenvalue weighted by Gasteiger charge is 2.24. The van der Waals surface area contributed by atoms with Gasteiger partial charge in [-0.15, -0.1) is 0 Å². The molecule has 0 fully saturated rings. The Morgan fingerprint density at radius 2 is 0.872 bits per heavy atom. The fourth-order valence-electron chi connectivity index (χ4n) is 11.4. The lowest BCUT2D eigenvalue weighted by atomic mass is 10.0. The van der Waals surface area contributed by atoms with Crippen molar-refractivity contribution in [1.29, 1.82) is 0 Å². The van der Waals surface area contributed by atoms with E-state index in [1.165, 1.54) is 0 Å². The summed E-state index contributed by atoms with van der Waals surface area (Å²) in [6.07, 6.45) is 12.4. The number of amides is 4. The van der Waals surface area contributed by atoms with E-state index in [-0.39, 0.29) is 49.3 Å². The summed E-state index contributed by atoms with van der Waals surface area (Å²) in [5.41, 5.74) is 14.4. The standard InChI is InChI=1S/C68H68N14O4/c83-61-27-32-69-36-39-82-40-37-70-33-28-62(84)79-50-16-6-2-12-46(50)66-55-21-19-53(74-55)65(45-11-1-5-15-49(45)78-61)54-20-22-56(75-54)67(47-13-3-7-17-51(47)80-63(85)29-34-71-38-41-82)58-24-26-60(77-58)68(59-25-23-57(66)76-59)48-14-4-8-18-52(48)81-64(86)30-35-73-43-44-10-9-31-72-42-44/h1-26,31,42,69-71,73-74,77H,27-30,32-41,43H2,(H,78,83)(H,79,84)(H,80,85)(H,81,86). The number of carbonyl (C=O) groups excluding carboxylic acids is 4. The Hall–Kier alpha value is -9.69. The third kappa shape index (κ3) is 13.3. The van der Waals surface area contributed by atoms with Crippen LogP contribution in [0.3, 0.4) is 0 Å². The zero-order valence-corrected chi connectivity index (χ0v) is 47.7. The molecule has 0 spiro atoms. The molecule has 86 heavy (non-hydrogen) atoms. The van der Waals surface area contributed by atoms with Crippen molar-refractivity contribution in [1.82, 2.24) is 51.1 Å². The van der Waals surface area contributed by atoms with Gasteiger partial charge in [0.2, 0.25) is 23.6 Å². The third-order valence-corrected chi connectivity index (χ3v) is 15.6. The van der Waals surface area contributed by atoms with E-state index in [2.05, 4.69) is 62.4 Å². The fraction of sp³-hybridized carbons (Fsp3) is 0.221. The lowest BCUT2D eigenvalue weighted by Gasteiger charge is -2.23. The molecular formula is C68H68N14O4. The van der Waals surface area contributed by atoms with Gasteiger partial charge in [0.15, 0.2) is 0 Å². The van der Waals surface area contributed by atoms with Gasteiger partial charge in [-0.05, 0) is 84.5 Å². The molecule has 0 radical (unpaired) electrons. The van der Waals surface area contributed by atoms with Gasteiger partial charge in [0.05, 0.1) is 22.8 Å². The molecule has 0 saturated carbocycles. The van der Waals surface area contributed by atoms with E-state index in [1.807, 2.05) is 158 Å². The second-order valence-electron chi connectivity index (χ2n) is 21.5. The summed E-state index contributed by atoms with van der Waals surface area (Å²) in [5.74, 6) is -0.596. The molecular weight excluding hydrogens is 1080 g/mol. The van der Waals surface area contributed by atoms with Gasteiger partial charge >= 0.3 is 0 Å². The van der Waals surface area contributed by atoms with Crippen LogP contribution in [0.1, 0.15) is 54.0 Å². The van der Waals surface area contributed by atoms with E-state index in [0.29, 0.717) is 137 Å². The van der Waals surface area contributed by atoms with Crippen LogP contribution in [0.2, 0.25) is 0 Å². The minimum absolute atomic E-state index is 0.133. The van der Waals surface area contributed by atoms with Gasteiger partial charge in [0, 0.05) is 199 Å². The highest BCUT2D eigenvalue weighted by molar-refractivity contribution is 6.07. The number of carbonyl (C=O) groups is 4. The van der Waals surface area contributed by atoms with Crippen molar-refractivity contribution >= 4 is 92.7 Å². The molecule has 4 amide bonds. The summed E-state index contributed by atoms with van der Waals surface area (Å²) in [4.78, 5) is 81.5. The summed E-state index contributed by atoms with van der Waals surface area (Å²) >= 11 is 0. The highest BCUT2D eigenvalue weighted by Crippen LogP contribution is 2.43. The minimum atomic E-state index is -0.169. The quantitative estimate of drug-likeness (QED) is 0.0672. The molecule has 4 aliphatic heterocycles. The van der Waals surface area contributed by atoms with Crippen molar-refractivity contribution in [3.8, 4) is 44.5 Å². The zero-order valence-electron chi connectivity index (χ0n) is 47.7. The van der Waals surface area contributed by atoms with Crippen molar-refractivity contribution in [2.24, 2.45) is 0 Å². The molecule has 4 aromatic heterocycles. The van der Waals surface area contributed by atoms with Gasteiger partial charge in [-0.3, -0.25) is 29.1 Å². The molecule has 12 bridgehead atoms. The first-order valence-electron chi connectivity index (χ1n) is 29.5. The molecule has 18 nitrogen and oxygen atoms in total. The first-order valence-corrected chi connectivity index (χ1v) is 29.5. The molecule has 8 aromatic rings. The number of anilines is 4. The molecule has 434 valence electrons. The fourth-order valence-corrected chi connectivity index (χ4v) is 11.4. The predicted molar refractivity (Wildman–Crippen MR) is 345 cm³/mol. The Kier molecular flexibility index (Phi) is 17.8. The Morgan fingerprint density at radius 1 is 0.465 bits per heavy atom. The van der Waals surface area contributed by atoms with Gasteiger partial charge < -0.3 is 52.5 Å². The molecule has 1 unspecified atom stereocenters. The number of aromatic nitrogens is 5. The number of aromatic amines is 2. The van der Waals surface area contributed by atoms with Crippen molar-refractivity contribution in [2.45, 2.75) is 32.2 Å². The molecule has 4 aliphatic rings. The van der Waals surface area contributed by atoms with Crippen molar-refractivity contribution < 1.29 is 19.2 Å². The number of benzene rings is 4. The molecule has 12 rings (SSSR count). The van der Waals surface area contributed by atoms with Crippen LogP contribution in [0.5, 0.6) is 0 Å². The van der Waals surface area contributed by atoms with Gasteiger partial charge in [-0.2, -0.15) is 0 Å². The number of hydrogen-bond donors (Lipinski definition) is 10. The monoisotopic (exact) mass is 1140 g/mol. The van der Waals surface area contributed by atoms with E-state index >= 15 is 0 Å². The molecule has 10 N–H and O–H groups in total. The second-order valence-corrected chi connectivity index (χ2v) is 21.5. The molecule has 18 heteroatoms. The number of nitrogens with one attached hydrogen (secondary N) is 10. The largest absolute Gasteiger partial charge is 0.354 e. The summed E-state index contributed by atoms with van der Waals surface area (Å²) < 4.78 is 0. The minimum Gasteiger partial charge on any atom is -0.354 e. The molecule has 8 heterocycles. The average Bonchev–Trinajstić information content (AvgIpc) is 2.11. The second kappa shape index (κ2) is 26.9. The maximum atomic E-state index is 14.1. The van der Waals surface area contributed by atoms with Gasteiger partial charge in [0.1, 0.15) is 0 Å². The van der Waals surface area contributed by atoms with E-state index in [9.17, 15) is 19.2 Å². The van der Waals surface area contributed by atoms with Crippen LogP contribution in [-0.4, -0.2) is 119 Å². The number of nitrogens with zero attached hydrogens (tertiary/aromatic N) is 4. The molecule has 4 aromatic carbocycles. The number of rotatable bonds is 7. The van der Waals surface area contributed by atoms with Gasteiger partial charge in [-0.25, -0.2) is 9.97 Å². The SMILES string of the molecule is O=C1CCNCCN2CCNCCC(=O)Nc3ccccc3-c3c4nc(c(-c5ccccc5NC(=O)CCNCc5cccnc5)c5ccc([nH]5)c(c5nc(c(c6ccc3[nH]6)-c3ccccc3N1)C=C5)-c1ccccc1NC(=O)CCNCC2)C=C4. The smallest absolute Gasteiger partial charge is 0.225 e. The normalized spacial score (nSPS) is 16.0. The maximum absolute atomic E-state index is 14.1. The highest BCUT2D eigenvalue weighted by atomic mass is 16.2. The van der Waals surface area contributed by atoms with Crippen LogP contribution in [0.4, 0.5) is 22.7 Å². The van der Waals surface area contributed by atoms with Crippen LogP contribution in [0.25, 0.3) is 90.9 Å². The predicted octanol–water partition coefficient (Wildman–Crippen LogP) is 9.92. The Labute approximate surface area is 498 Å². The summed E-state index contributed by atoms with van der Waals surface area (Å²) in [7, 11) is 0. The van der Waals surface area contributed by atoms with Crippen molar-refractivity contribution in [3.63, 3.8) is 0 Å². The van der Waals surface area contributed by atoms with Crippen LogP contribution in [0, 0.1) is 0 Å². The Bertz CT molecular complexity index is 4010. The number of fused-ring (bicyclic) bond motifs is 17. The van der Waals surface area contributed by atoms with E-state index < -0.39 is 0 Å². The first kappa shape index (κ1) is 56.8. The molecule has 1 atom stereocenters. The summed E-state index contributed by atoms with van der Waals surface area (Å²) in [6, 6.07) is 43.0. The lowest BCUT2D eigenvalue weighted by molar-refractivity contribution is -0.116. The number of hydrogen-bond acceptors (Lipinski definition) is 12. The maximum Gasteiger partial charge on any atom is 0.225 e. The van der Waals surface area contributed by atoms with Crippen LogP contribution < -0.4 is 42.5 Å². The lowest BCUT2D eigenvalue weighted by Crippen LogP contribution is -2.41. The number of H-pyrrole nitrogens is 2. The Morgan fingerprint density at radius 3 is 1.30 bits per heavy atom. The number of pyridine rings is 1. The van der Waals surface area contributed by atoms with Crippen LogP contribution in [-0.2, 0) is 25.7 Å². The van der Waals surface area contributed by atoms with Crippen molar-refractivity contribution in [3.05, 3.63) is 174 Å². The Balaban J connectivity index is 1.12. The van der Waals surface area contributed by atoms with Crippen molar-refractivity contribution in [2.75, 3.05) is 86.7 Å². The third-order valence-electron chi connectivity index (χ3n) is 15.6. The van der Waals surface area contributed by atoms with Gasteiger partial charge in [0.25, 0.3) is 0 Å². The average molecular weight is 1150 g/mol. The molecule has 0 saturated heterocycles. The van der Waals surface area contributed by atoms with Gasteiger partial charge in [-0.1, -0.05) is 78.9 Å². The van der Waals surface area contributed by atoms with E-state index in [0.717, 1.165) is 53.0 Å². The zero-order chi connectivity index (χ0) is 58.6. The van der Waals surface area contributed by atoms with E-state index in [1.54, 1.807) is 12.4 Å². The van der Waals surface area contributed by atoms with E-state index in [4.69, 9.17) is 9.97 Å². The first-order chi connectivity index (χ1) is 42.3. The topological polar surface area (TPSA) is 238 Å². The summed E-state index contributed by atoms with van der Waals surface area (Å²) in [5, 5.41) is 26.9. The summed E-state index contributed by atoms with van der Waals surface area (Å²) in [6.45, 7) is 6.53. The molecule has 0 aliphatic carbocycles. The van der Waals surface area contributed by atoms with Crippen LogP contribution >= 0.6 is 0 Å². The number of para-hydroxylation sites is 4.